The topological polar surface area (TPSA) is 84.3 Å². The maximum absolute atomic E-state index is 10.7. The Kier molecular flexibility index (Phi) is 4.73. The largest absolute Gasteiger partial charge is 0.481 e. The van der Waals surface area contributed by atoms with Gasteiger partial charge in [-0.15, -0.1) is 0 Å². The van der Waals surface area contributed by atoms with E-state index >= 15 is 0 Å². The number of carbonyl (C=O) groups is 2. The third-order valence-corrected chi connectivity index (χ3v) is 4.60. The molecule has 3 aliphatic heterocycles. The van der Waals surface area contributed by atoms with Crippen LogP contribution >= 0.6 is 0 Å². The smallest absolute Gasteiger partial charge is 0.407 e. The van der Waals surface area contributed by atoms with Crippen LogP contribution in [-0.2, 0) is 4.79 Å². The van der Waals surface area contributed by atoms with E-state index in [0.717, 1.165) is 39.1 Å². The highest BCUT2D eigenvalue weighted by molar-refractivity contribution is 5.66. The van der Waals surface area contributed by atoms with Crippen molar-refractivity contribution in [3.63, 3.8) is 0 Å². The summed E-state index contributed by atoms with van der Waals surface area (Å²) in [5.74, 6) is -0.833. The molecule has 0 aliphatic carbocycles. The van der Waals surface area contributed by atoms with Crippen LogP contribution in [0.3, 0.4) is 0 Å². The van der Waals surface area contributed by atoms with Crippen molar-refractivity contribution >= 4 is 12.1 Å². The van der Waals surface area contributed by atoms with Crippen molar-refractivity contribution in [3.05, 3.63) is 0 Å². The number of aliphatic carboxylic acids is 1. The molecular formula is C14H25N3O4. The Morgan fingerprint density at radius 3 is 1.95 bits per heavy atom. The molecule has 0 aromatic heterocycles. The van der Waals surface area contributed by atoms with E-state index in [1.165, 1.54) is 30.8 Å². The number of hydrogen-bond donors (Lipinski definition) is 2. The van der Waals surface area contributed by atoms with E-state index in [2.05, 4.69) is 16.8 Å². The SMILES string of the molecule is CC(=O)O.CN1CCC(N2CC3(CN(C(=O)O)C3)C2)CC1. The molecule has 3 saturated heterocycles. The molecule has 3 heterocycles. The first-order chi connectivity index (χ1) is 9.81. The zero-order valence-electron chi connectivity index (χ0n) is 12.8. The van der Waals surface area contributed by atoms with E-state index in [9.17, 15) is 4.79 Å². The van der Waals surface area contributed by atoms with E-state index in [1.54, 1.807) is 0 Å². The predicted molar refractivity (Wildman–Crippen MR) is 77.4 cm³/mol. The molecule has 0 bridgehead atoms. The molecule has 1 amide bonds. The maximum atomic E-state index is 10.7. The lowest BCUT2D eigenvalue weighted by Gasteiger charge is -2.61. The first kappa shape index (κ1) is 16.0. The molecule has 120 valence electrons. The van der Waals surface area contributed by atoms with Gasteiger partial charge >= 0.3 is 6.09 Å². The average Bonchev–Trinajstić information content (AvgIpc) is 2.26. The van der Waals surface area contributed by atoms with Gasteiger partial charge in [-0.3, -0.25) is 9.69 Å². The molecule has 7 heteroatoms. The van der Waals surface area contributed by atoms with Crippen molar-refractivity contribution in [3.8, 4) is 0 Å². The lowest BCUT2D eigenvalue weighted by Crippen LogP contribution is -2.74. The highest BCUT2D eigenvalue weighted by Crippen LogP contribution is 2.41. The molecule has 3 fully saturated rings. The van der Waals surface area contributed by atoms with Crippen molar-refractivity contribution < 1.29 is 19.8 Å². The van der Waals surface area contributed by atoms with Gasteiger partial charge in [-0.05, 0) is 33.0 Å². The number of nitrogens with zero attached hydrogens (tertiary/aromatic N) is 3. The Bertz CT molecular complexity index is 389. The zero-order valence-corrected chi connectivity index (χ0v) is 12.8. The number of likely N-dealkylation sites (tertiary alicyclic amines) is 3. The van der Waals surface area contributed by atoms with Crippen molar-refractivity contribution in [1.82, 2.24) is 14.7 Å². The third-order valence-electron chi connectivity index (χ3n) is 4.60. The highest BCUT2D eigenvalue weighted by atomic mass is 16.4. The van der Waals surface area contributed by atoms with E-state index in [1.807, 2.05) is 0 Å². The lowest BCUT2D eigenvalue weighted by molar-refractivity contribution is -0.134. The molecule has 21 heavy (non-hydrogen) atoms. The van der Waals surface area contributed by atoms with Crippen molar-refractivity contribution in [2.45, 2.75) is 25.8 Å². The Balaban J connectivity index is 0.000000361. The van der Waals surface area contributed by atoms with E-state index in [-0.39, 0.29) is 0 Å². The fourth-order valence-electron chi connectivity index (χ4n) is 3.53. The Morgan fingerprint density at radius 1 is 1.05 bits per heavy atom. The Morgan fingerprint density at radius 2 is 1.52 bits per heavy atom. The van der Waals surface area contributed by atoms with Gasteiger partial charge < -0.3 is 20.0 Å². The van der Waals surface area contributed by atoms with Gasteiger partial charge in [-0.1, -0.05) is 0 Å². The first-order valence-electron chi connectivity index (χ1n) is 7.41. The minimum Gasteiger partial charge on any atom is -0.481 e. The molecule has 3 rings (SSSR count). The monoisotopic (exact) mass is 299 g/mol. The van der Waals surface area contributed by atoms with Crippen LogP contribution in [0.25, 0.3) is 0 Å². The second-order valence-corrected chi connectivity index (χ2v) is 6.60. The number of carboxylic acids is 1. The van der Waals surface area contributed by atoms with Gasteiger partial charge in [0.15, 0.2) is 0 Å². The van der Waals surface area contributed by atoms with Gasteiger partial charge in [0.05, 0.1) is 0 Å². The number of piperidine rings is 1. The number of carboxylic acid groups (broad SMARTS) is 2. The zero-order chi connectivity index (χ0) is 15.6. The predicted octanol–water partition coefficient (Wildman–Crippen LogP) is 0.467. The summed E-state index contributed by atoms with van der Waals surface area (Å²) in [6.45, 7) is 7.23. The van der Waals surface area contributed by atoms with Crippen LogP contribution < -0.4 is 0 Å². The van der Waals surface area contributed by atoms with Gasteiger partial charge in [0.1, 0.15) is 0 Å². The van der Waals surface area contributed by atoms with E-state index in [4.69, 9.17) is 15.0 Å². The third kappa shape index (κ3) is 3.85. The summed E-state index contributed by atoms with van der Waals surface area (Å²) in [5.41, 5.74) is 0.321. The molecule has 2 N–H and O–H groups in total. The summed E-state index contributed by atoms with van der Waals surface area (Å²) < 4.78 is 0. The highest BCUT2D eigenvalue weighted by Gasteiger charge is 2.54. The van der Waals surface area contributed by atoms with Gasteiger partial charge in [-0.25, -0.2) is 4.79 Å². The summed E-state index contributed by atoms with van der Waals surface area (Å²) in [4.78, 5) is 26.2. The van der Waals surface area contributed by atoms with Crippen LogP contribution in [0.4, 0.5) is 4.79 Å². The van der Waals surface area contributed by atoms with Crippen molar-refractivity contribution in [1.29, 1.82) is 0 Å². The van der Waals surface area contributed by atoms with Crippen LogP contribution in [0.2, 0.25) is 0 Å². The molecule has 0 unspecified atom stereocenters. The summed E-state index contributed by atoms with van der Waals surface area (Å²) in [6.07, 6.45) is 1.79. The summed E-state index contributed by atoms with van der Waals surface area (Å²) >= 11 is 0. The molecular weight excluding hydrogens is 274 g/mol. The van der Waals surface area contributed by atoms with Crippen LogP contribution in [0.5, 0.6) is 0 Å². The minimum atomic E-state index is -0.833. The standard InChI is InChI=1S/C12H21N3O2.C2H4O2/c1-13-4-2-10(3-5-13)14-6-12(7-14)8-15(9-12)11(16)17;1-2(3)4/h10H,2-9H2,1H3,(H,16,17);1H3,(H,3,4). The van der Waals surface area contributed by atoms with E-state index in [0.29, 0.717) is 5.41 Å². The molecule has 0 radical (unpaired) electrons. The number of amides is 1. The summed E-state index contributed by atoms with van der Waals surface area (Å²) in [5, 5.41) is 16.3. The van der Waals surface area contributed by atoms with Crippen molar-refractivity contribution in [2.24, 2.45) is 5.41 Å². The van der Waals surface area contributed by atoms with Crippen LogP contribution in [0, 0.1) is 5.41 Å². The van der Waals surface area contributed by atoms with Gasteiger partial charge in [0.2, 0.25) is 0 Å². The van der Waals surface area contributed by atoms with Crippen LogP contribution in [0.1, 0.15) is 19.8 Å². The summed E-state index contributed by atoms with van der Waals surface area (Å²) in [6, 6.07) is 0.746. The number of rotatable bonds is 1. The minimum absolute atomic E-state index is 0.321. The van der Waals surface area contributed by atoms with Crippen LogP contribution in [-0.4, -0.2) is 89.3 Å². The fraction of sp³-hybridized carbons (Fsp3) is 0.857. The van der Waals surface area contributed by atoms with Gasteiger partial charge in [-0.2, -0.15) is 0 Å². The van der Waals surface area contributed by atoms with Gasteiger partial charge in [0.25, 0.3) is 5.97 Å². The molecule has 0 aromatic carbocycles. The molecule has 1 spiro atoms. The Hall–Kier alpha value is -1.34. The van der Waals surface area contributed by atoms with Crippen LogP contribution in [0.15, 0.2) is 0 Å². The van der Waals surface area contributed by atoms with Gasteiger partial charge in [0, 0.05) is 44.6 Å². The first-order valence-corrected chi connectivity index (χ1v) is 7.41. The molecule has 0 saturated carbocycles. The number of hydrogen-bond acceptors (Lipinski definition) is 4. The molecule has 3 aliphatic rings. The second-order valence-electron chi connectivity index (χ2n) is 6.60. The van der Waals surface area contributed by atoms with E-state index < -0.39 is 12.1 Å². The second kappa shape index (κ2) is 6.19. The quantitative estimate of drug-likeness (QED) is 0.732. The molecule has 7 nitrogen and oxygen atoms in total. The molecule has 0 atom stereocenters. The summed E-state index contributed by atoms with van der Waals surface area (Å²) in [7, 11) is 2.19. The maximum Gasteiger partial charge on any atom is 0.407 e. The lowest BCUT2D eigenvalue weighted by atomic mass is 9.72. The fourth-order valence-corrected chi connectivity index (χ4v) is 3.53. The average molecular weight is 299 g/mol. The Labute approximate surface area is 125 Å². The van der Waals surface area contributed by atoms with Crippen molar-refractivity contribution in [2.75, 3.05) is 46.3 Å². The normalized spacial score (nSPS) is 25.5. The molecule has 0 aromatic rings.